The summed E-state index contributed by atoms with van der Waals surface area (Å²) in [5, 5.41) is 2.00. The molecule has 3 aromatic rings. The Hall–Kier alpha value is -1.43. The van der Waals surface area contributed by atoms with Crippen LogP contribution in [0, 0.1) is 13.8 Å². The predicted molar refractivity (Wildman–Crippen MR) is 105 cm³/mol. The van der Waals surface area contributed by atoms with Crippen molar-refractivity contribution in [3.05, 3.63) is 63.4 Å². The first-order valence-corrected chi connectivity index (χ1v) is 11.0. The van der Waals surface area contributed by atoms with Crippen LogP contribution in [-0.2, 0) is 9.84 Å². The standard InChI is InChI=1S/C19H17BrO2S2/c1-12-16(14-8-5-4-6-9-14)19(24(3,21)22)13(2)17(18(12)20)15-10-7-11-23-15/h4-11H,1-3H3. The minimum atomic E-state index is -3.38. The summed E-state index contributed by atoms with van der Waals surface area (Å²) in [6, 6.07) is 13.7. The Morgan fingerprint density at radius 3 is 2.12 bits per heavy atom. The molecule has 3 rings (SSSR count). The third-order valence-corrected chi connectivity index (χ3v) is 7.20. The van der Waals surface area contributed by atoms with E-state index in [9.17, 15) is 8.42 Å². The summed E-state index contributed by atoms with van der Waals surface area (Å²) in [5.41, 5.74) is 4.38. The zero-order valence-corrected chi connectivity index (χ0v) is 16.8. The molecule has 2 nitrogen and oxygen atoms in total. The minimum Gasteiger partial charge on any atom is -0.224 e. The van der Waals surface area contributed by atoms with Crippen molar-refractivity contribution in [2.45, 2.75) is 18.7 Å². The van der Waals surface area contributed by atoms with Gasteiger partial charge in [-0.1, -0.05) is 36.4 Å². The highest BCUT2D eigenvalue weighted by molar-refractivity contribution is 9.10. The van der Waals surface area contributed by atoms with Crippen LogP contribution in [0.1, 0.15) is 11.1 Å². The van der Waals surface area contributed by atoms with Crippen LogP contribution in [0.15, 0.2) is 57.2 Å². The van der Waals surface area contributed by atoms with Gasteiger partial charge in [0.05, 0.1) is 4.90 Å². The molecule has 0 fully saturated rings. The van der Waals surface area contributed by atoms with Gasteiger partial charge in [-0.05, 0) is 57.9 Å². The van der Waals surface area contributed by atoms with E-state index in [1.165, 1.54) is 6.26 Å². The second kappa shape index (κ2) is 6.47. The highest BCUT2D eigenvalue weighted by atomic mass is 79.9. The minimum absolute atomic E-state index is 0.415. The summed E-state index contributed by atoms with van der Waals surface area (Å²) in [4.78, 5) is 1.48. The Morgan fingerprint density at radius 2 is 1.58 bits per heavy atom. The first kappa shape index (κ1) is 17.4. The fourth-order valence-electron chi connectivity index (χ4n) is 3.06. The molecule has 0 atom stereocenters. The van der Waals surface area contributed by atoms with E-state index in [4.69, 9.17) is 0 Å². The third-order valence-electron chi connectivity index (χ3n) is 4.07. The summed E-state index contributed by atoms with van der Waals surface area (Å²) in [6.07, 6.45) is 1.29. The molecule has 2 aromatic carbocycles. The second-order valence-electron chi connectivity index (χ2n) is 5.76. The molecule has 0 aliphatic rings. The maximum Gasteiger partial charge on any atom is 0.176 e. The fourth-order valence-corrected chi connectivity index (χ4v) is 6.04. The van der Waals surface area contributed by atoms with Gasteiger partial charge < -0.3 is 0 Å². The fraction of sp³-hybridized carbons (Fsp3) is 0.158. The smallest absolute Gasteiger partial charge is 0.176 e. The lowest BCUT2D eigenvalue weighted by Crippen LogP contribution is -2.07. The summed E-state index contributed by atoms with van der Waals surface area (Å²) in [5.74, 6) is 0. The van der Waals surface area contributed by atoms with Gasteiger partial charge in [0.2, 0.25) is 0 Å². The lowest BCUT2D eigenvalue weighted by molar-refractivity contribution is 0.601. The van der Waals surface area contributed by atoms with Crippen LogP contribution in [0.25, 0.3) is 21.6 Å². The molecule has 0 spiro atoms. The SMILES string of the molecule is Cc1c(Br)c(-c2cccs2)c(C)c(S(C)(=O)=O)c1-c1ccccc1. The predicted octanol–water partition coefficient (Wildman–Crippen LogP) is 5.86. The van der Waals surface area contributed by atoms with Crippen molar-refractivity contribution in [2.24, 2.45) is 0 Å². The molecular formula is C19H17BrO2S2. The lowest BCUT2D eigenvalue weighted by Gasteiger charge is -2.20. The van der Waals surface area contributed by atoms with E-state index in [1.54, 1.807) is 11.3 Å². The van der Waals surface area contributed by atoms with Crippen molar-refractivity contribution in [2.75, 3.05) is 6.26 Å². The van der Waals surface area contributed by atoms with E-state index < -0.39 is 9.84 Å². The maximum atomic E-state index is 12.6. The Balaban J connectivity index is 2.49. The van der Waals surface area contributed by atoms with E-state index in [0.29, 0.717) is 4.90 Å². The number of hydrogen-bond donors (Lipinski definition) is 0. The van der Waals surface area contributed by atoms with Crippen molar-refractivity contribution in [1.29, 1.82) is 0 Å². The van der Waals surface area contributed by atoms with E-state index >= 15 is 0 Å². The van der Waals surface area contributed by atoms with Crippen LogP contribution in [-0.4, -0.2) is 14.7 Å². The molecule has 0 N–H and O–H groups in total. The van der Waals surface area contributed by atoms with Gasteiger partial charge in [0, 0.05) is 26.7 Å². The lowest BCUT2D eigenvalue weighted by atomic mass is 9.94. The van der Waals surface area contributed by atoms with Crippen molar-refractivity contribution < 1.29 is 8.42 Å². The van der Waals surface area contributed by atoms with Crippen LogP contribution in [0.3, 0.4) is 0 Å². The average Bonchev–Trinajstić information content (AvgIpc) is 3.04. The van der Waals surface area contributed by atoms with Gasteiger partial charge >= 0.3 is 0 Å². The number of halogens is 1. The Kier molecular flexibility index (Phi) is 4.69. The monoisotopic (exact) mass is 420 g/mol. The van der Waals surface area contributed by atoms with Gasteiger partial charge in [-0.2, -0.15) is 0 Å². The van der Waals surface area contributed by atoms with Crippen LogP contribution in [0.2, 0.25) is 0 Å². The summed E-state index contributed by atoms with van der Waals surface area (Å²) >= 11 is 5.32. The zero-order chi connectivity index (χ0) is 17.5. The molecule has 0 aliphatic carbocycles. The summed E-state index contributed by atoms with van der Waals surface area (Å²) in [7, 11) is -3.38. The molecule has 124 valence electrons. The van der Waals surface area contributed by atoms with Gasteiger partial charge in [0.15, 0.2) is 9.84 Å². The van der Waals surface area contributed by atoms with Gasteiger partial charge in [-0.25, -0.2) is 8.42 Å². The van der Waals surface area contributed by atoms with Crippen molar-refractivity contribution >= 4 is 37.1 Å². The number of sulfone groups is 1. The number of rotatable bonds is 3. The molecule has 5 heteroatoms. The summed E-state index contributed by atoms with van der Waals surface area (Å²) in [6.45, 7) is 3.86. The topological polar surface area (TPSA) is 34.1 Å². The number of thiophene rings is 1. The first-order valence-electron chi connectivity index (χ1n) is 7.44. The van der Waals surface area contributed by atoms with Crippen LogP contribution >= 0.6 is 27.3 Å². The summed E-state index contributed by atoms with van der Waals surface area (Å²) < 4.78 is 26.2. The van der Waals surface area contributed by atoms with Gasteiger partial charge in [0.25, 0.3) is 0 Å². The Morgan fingerprint density at radius 1 is 0.917 bits per heavy atom. The largest absolute Gasteiger partial charge is 0.224 e. The van der Waals surface area contributed by atoms with Crippen molar-refractivity contribution in [3.63, 3.8) is 0 Å². The van der Waals surface area contributed by atoms with Gasteiger partial charge in [0.1, 0.15) is 0 Å². The zero-order valence-electron chi connectivity index (χ0n) is 13.6. The van der Waals surface area contributed by atoms with Crippen LogP contribution in [0.5, 0.6) is 0 Å². The average molecular weight is 421 g/mol. The normalized spacial score (nSPS) is 11.7. The Labute approximate surface area is 155 Å². The van der Waals surface area contributed by atoms with Crippen molar-refractivity contribution in [1.82, 2.24) is 0 Å². The molecule has 0 saturated carbocycles. The third kappa shape index (κ3) is 2.96. The number of benzene rings is 2. The molecule has 0 amide bonds. The van der Waals surface area contributed by atoms with E-state index in [2.05, 4.69) is 15.9 Å². The van der Waals surface area contributed by atoms with Gasteiger partial charge in [-0.15, -0.1) is 11.3 Å². The quantitative estimate of drug-likeness (QED) is 0.531. The molecule has 0 radical (unpaired) electrons. The molecule has 24 heavy (non-hydrogen) atoms. The highest BCUT2D eigenvalue weighted by Crippen LogP contribution is 2.45. The maximum absolute atomic E-state index is 12.6. The molecule has 1 heterocycles. The molecule has 0 bridgehead atoms. The molecule has 0 aliphatic heterocycles. The van der Waals surface area contributed by atoms with Crippen molar-refractivity contribution in [3.8, 4) is 21.6 Å². The second-order valence-corrected chi connectivity index (χ2v) is 9.45. The molecule has 1 aromatic heterocycles. The van der Waals surface area contributed by atoms with Crippen LogP contribution in [0.4, 0.5) is 0 Å². The van der Waals surface area contributed by atoms with E-state index in [1.807, 2.05) is 61.7 Å². The van der Waals surface area contributed by atoms with Crippen LogP contribution < -0.4 is 0 Å². The first-order chi connectivity index (χ1) is 11.3. The molecular weight excluding hydrogens is 404 g/mol. The van der Waals surface area contributed by atoms with Gasteiger partial charge in [-0.3, -0.25) is 0 Å². The highest BCUT2D eigenvalue weighted by Gasteiger charge is 2.26. The van der Waals surface area contributed by atoms with E-state index in [0.717, 1.165) is 37.2 Å². The molecule has 0 saturated heterocycles. The Bertz CT molecular complexity index is 990. The number of hydrogen-bond acceptors (Lipinski definition) is 3. The molecule has 0 unspecified atom stereocenters. The van der Waals surface area contributed by atoms with E-state index in [-0.39, 0.29) is 0 Å².